The number of furan rings is 1. The van der Waals surface area contributed by atoms with E-state index in [9.17, 15) is 9.18 Å². The van der Waals surface area contributed by atoms with E-state index < -0.39 is 0 Å². The van der Waals surface area contributed by atoms with Gasteiger partial charge in [0.2, 0.25) is 5.91 Å². The van der Waals surface area contributed by atoms with E-state index in [1.54, 1.807) is 24.1 Å². The van der Waals surface area contributed by atoms with Crippen LogP contribution in [0.5, 0.6) is 0 Å². The molecule has 4 heteroatoms. The summed E-state index contributed by atoms with van der Waals surface area (Å²) in [6, 6.07) is 4.85. The van der Waals surface area contributed by atoms with Gasteiger partial charge in [-0.05, 0) is 25.0 Å². The Kier molecular flexibility index (Phi) is 4.46. The lowest BCUT2D eigenvalue weighted by molar-refractivity contribution is -0.125. The lowest BCUT2D eigenvalue weighted by atomic mass is 10.1. The third-order valence-electron chi connectivity index (χ3n) is 3.40. The molecule has 0 atom stereocenters. The Bertz CT molecular complexity index is 685. The van der Waals surface area contributed by atoms with Crippen molar-refractivity contribution in [3.05, 3.63) is 47.5 Å². The molecular formula is C17H20FNO2. The first-order valence-corrected chi connectivity index (χ1v) is 7.00. The van der Waals surface area contributed by atoms with Crippen LogP contribution in [0.4, 0.5) is 4.39 Å². The summed E-state index contributed by atoms with van der Waals surface area (Å²) >= 11 is 0. The number of para-hydroxylation sites is 1. The molecule has 0 spiro atoms. The molecule has 0 aliphatic heterocycles. The van der Waals surface area contributed by atoms with Crippen LogP contribution >= 0.6 is 0 Å². The summed E-state index contributed by atoms with van der Waals surface area (Å²) in [6.07, 6.45) is 3.41. The van der Waals surface area contributed by atoms with Crippen molar-refractivity contribution in [1.82, 2.24) is 4.90 Å². The summed E-state index contributed by atoms with van der Waals surface area (Å²) in [5, 5.41) is 0.753. The zero-order valence-corrected chi connectivity index (χ0v) is 12.8. The molecule has 0 unspecified atom stereocenters. The predicted molar refractivity (Wildman–Crippen MR) is 81.4 cm³/mol. The van der Waals surface area contributed by atoms with Gasteiger partial charge in [-0.25, -0.2) is 4.39 Å². The molecule has 1 heterocycles. The summed E-state index contributed by atoms with van der Waals surface area (Å²) in [5.41, 5.74) is 1.13. The number of halogens is 1. The van der Waals surface area contributed by atoms with Gasteiger partial charge in [-0.3, -0.25) is 4.79 Å². The molecule has 0 aliphatic rings. The van der Waals surface area contributed by atoms with Gasteiger partial charge >= 0.3 is 0 Å². The SMILES string of the molecule is Cc1c(CN(C)C(=O)/C=C/C(C)C)oc2c(F)cccc12. The van der Waals surface area contributed by atoms with E-state index in [4.69, 9.17) is 4.42 Å². The highest BCUT2D eigenvalue weighted by atomic mass is 19.1. The average Bonchev–Trinajstić information content (AvgIpc) is 2.75. The lowest BCUT2D eigenvalue weighted by Crippen LogP contribution is -2.24. The molecule has 0 saturated heterocycles. The minimum Gasteiger partial charge on any atom is -0.456 e. The van der Waals surface area contributed by atoms with Crippen LogP contribution in [0, 0.1) is 18.7 Å². The van der Waals surface area contributed by atoms with Gasteiger partial charge in [-0.2, -0.15) is 0 Å². The number of carbonyl (C=O) groups excluding carboxylic acids is 1. The van der Waals surface area contributed by atoms with Crippen LogP contribution in [0.15, 0.2) is 34.8 Å². The second-order valence-corrected chi connectivity index (χ2v) is 5.56. The number of likely N-dealkylation sites (N-methyl/N-ethyl adjacent to an activating group) is 1. The van der Waals surface area contributed by atoms with Crippen LogP contribution in [-0.2, 0) is 11.3 Å². The number of benzene rings is 1. The highest BCUT2D eigenvalue weighted by Crippen LogP contribution is 2.27. The van der Waals surface area contributed by atoms with Crippen molar-refractivity contribution in [1.29, 1.82) is 0 Å². The van der Waals surface area contributed by atoms with Crippen molar-refractivity contribution in [3.63, 3.8) is 0 Å². The van der Waals surface area contributed by atoms with Gasteiger partial charge in [0.05, 0.1) is 6.54 Å². The van der Waals surface area contributed by atoms with Crippen LogP contribution in [0.25, 0.3) is 11.0 Å². The van der Waals surface area contributed by atoms with Crippen molar-refractivity contribution in [2.45, 2.75) is 27.3 Å². The first-order chi connectivity index (χ1) is 9.90. The van der Waals surface area contributed by atoms with Crippen LogP contribution in [0.1, 0.15) is 25.2 Å². The molecule has 0 radical (unpaired) electrons. The highest BCUT2D eigenvalue weighted by Gasteiger charge is 2.16. The molecule has 112 valence electrons. The zero-order chi connectivity index (χ0) is 15.6. The average molecular weight is 289 g/mol. The van der Waals surface area contributed by atoms with Crippen LogP contribution < -0.4 is 0 Å². The largest absolute Gasteiger partial charge is 0.456 e. The van der Waals surface area contributed by atoms with E-state index in [-0.39, 0.29) is 17.3 Å². The Morgan fingerprint density at radius 2 is 2.14 bits per heavy atom. The van der Waals surface area contributed by atoms with E-state index in [0.717, 1.165) is 10.9 Å². The molecule has 0 aliphatic carbocycles. The molecule has 2 rings (SSSR count). The number of aryl methyl sites for hydroxylation is 1. The highest BCUT2D eigenvalue weighted by molar-refractivity contribution is 5.87. The van der Waals surface area contributed by atoms with Gasteiger partial charge in [0.25, 0.3) is 0 Å². The summed E-state index contributed by atoms with van der Waals surface area (Å²) in [6.45, 7) is 6.22. The van der Waals surface area contributed by atoms with Crippen molar-refractivity contribution in [2.75, 3.05) is 7.05 Å². The standard InChI is InChI=1S/C17H20FNO2/c1-11(2)8-9-16(20)19(4)10-15-12(3)13-6-5-7-14(18)17(13)21-15/h5-9,11H,10H2,1-4H3/b9-8+. The molecule has 0 saturated carbocycles. The summed E-state index contributed by atoms with van der Waals surface area (Å²) in [5.74, 6) is 0.466. The molecule has 2 aromatic rings. The molecule has 3 nitrogen and oxygen atoms in total. The maximum absolute atomic E-state index is 13.7. The van der Waals surface area contributed by atoms with Gasteiger partial charge in [0.1, 0.15) is 5.76 Å². The second-order valence-electron chi connectivity index (χ2n) is 5.56. The molecule has 1 aromatic carbocycles. The lowest BCUT2D eigenvalue weighted by Gasteiger charge is -2.14. The Balaban J connectivity index is 2.22. The minimum atomic E-state index is -0.379. The number of rotatable bonds is 4. The van der Waals surface area contributed by atoms with E-state index in [0.29, 0.717) is 18.2 Å². The normalized spacial score (nSPS) is 11.7. The molecule has 0 N–H and O–H groups in total. The van der Waals surface area contributed by atoms with E-state index in [2.05, 4.69) is 0 Å². The smallest absolute Gasteiger partial charge is 0.246 e. The molecule has 1 amide bonds. The fraction of sp³-hybridized carbons (Fsp3) is 0.353. The Morgan fingerprint density at radius 3 is 2.76 bits per heavy atom. The monoisotopic (exact) mass is 289 g/mol. The van der Waals surface area contributed by atoms with E-state index in [1.165, 1.54) is 6.07 Å². The van der Waals surface area contributed by atoms with Gasteiger partial charge in [0, 0.05) is 18.0 Å². The molecule has 21 heavy (non-hydrogen) atoms. The zero-order valence-electron chi connectivity index (χ0n) is 12.8. The van der Waals surface area contributed by atoms with Crippen LogP contribution in [0.3, 0.4) is 0 Å². The molecular weight excluding hydrogens is 269 g/mol. The number of carbonyl (C=O) groups is 1. The van der Waals surface area contributed by atoms with E-state index in [1.807, 2.05) is 32.9 Å². The predicted octanol–water partition coefficient (Wildman–Crippen LogP) is 4.05. The summed E-state index contributed by atoms with van der Waals surface area (Å²) in [4.78, 5) is 13.5. The van der Waals surface area contributed by atoms with Gasteiger partial charge < -0.3 is 9.32 Å². The number of nitrogens with zero attached hydrogens (tertiary/aromatic N) is 1. The summed E-state index contributed by atoms with van der Waals surface area (Å²) in [7, 11) is 1.70. The third-order valence-corrected chi connectivity index (χ3v) is 3.40. The molecule has 0 bridgehead atoms. The maximum Gasteiger partial charge on any atom is 0.246 e. The summed E-state index contributed by atoms with van der Waals surface area (Å²) < 4.78 is 19.3. The molecule has 1 aromatic heterocycles. The number of amides is 1. The fourth-order valence-electron chi connectivity index (χ4n) is 2.10. The number of fused-ring (bicyclic) bond motifs is 1. The quantitative estimate of drug-likeness (QED) is 0.796. The topological polar surface area (TPSA) is 33.5 Å². The van der Waals surface area contributed by atoms with Crippen LogP contribution in [0.2, 0.25) is 0 Å². The van der Waals surface area contributed by atoms with Gasteiger partial charge in [0.15, 0.2) is 11.4 Å². The van der Waals surface area contributed by atoms with Gasteiger partial charge in [-0.15, -0.1) is 0 Å². The van der Waals surface area contributed by atoms with Crippen LogP contribution in [-0.4, -0.2) is 17.9 Å². The molecule has 0 fully saturated rings. The number of hydrogen-bond acceptors (Lipinski definition) is 2. The van der Waals surface area contributed by atoms with Gasteiger partial charge in [-0.1, -0.05) is 32.1 Å². The Morgan fingerprint density at radius 1 is 1.43 bits per heavy atom. The van der Waals surface area contributed by atoms with Crippen molar-refractivity contribution >= 4 is 16.9 Å². The number of allylic oxidation sites excluding steroid dienone is 1. The first kappa shape index (κ1) is 15.3. The fourth-order valence-corrected chi connectivity index (χ4v) is 2.10. The van der Waals surface area contributed by atoms with Crippen molar-refractivity contribution < 1.29 is 13.6 Å². The first-order valence-electron chi connectivity index (χ1n) is 7.00. The second kappa shape index (κ2) is 6.12. The van der Waals surface area contributed by atoms with E-state index >= 15 is 0 Å². The van der Waals surface area contributed by atoms with Crippen molar-refractivity contribution in [2.24, 2.45) is 5.92 Å². The minimum absolute atomic E-state index is 0.0935. The van der Waals surface area contributed by atoms with Crippen molar-refractivity contribution in [3.8, 4) is 0 Å². The Labute approximate surface area is 124 Å². The maximum atomic E-state index is 13.7. The Hall–Kier alpha value is -2.10. The number of hydrogen-bond donors (Lipinski definition) is 0. The third kappa shape index (κ3) is 3.32.